The largest absolute Gasteiger partial charge is 0.476 e. The van der Waals surface area contributed by atoms with Gasteiger partial charge in [-0.15, -0.1) is 0 Å². The van der Waals surface area contributed by atoms with Gasteiger partial charge in [0.1, 0.15) is 23.8 Å². The molecule has 0 bridgehead atoms. The highest BCUT2D eigenvalue weighted by atomic mass is 19.4. The minimum absolute atomic E-state index is 0.0448. The number of carbonyl (C=O) groups is 2. The molecule has 12 heteroatoms. The van der Waals surface area contributed by atoms with Crippen LogP contribution in [0.25, 0.3) is 11.4 Å². The van der Waals surface area contributed by atoms with E-state index in [2.05, 4.69) is 15.3 Å². The van der Waals surface area contributed by atoms with Gasteiger partial charge in [0.2, 0.25) is 5.88 Å². The van der Waals surface area contributed by atoms with Gasteiger partial charge in [-0.2, -0.15) is 18.2 Å². The fourth-order valence-electron chi connectivity index (χ4n) is 3.48. The number of rotatable bonds is 8. The lowest BCUT2D eigenvalue weighted by Crippen LogP contribution is -2.32. The van der Waals surface area contributed by atoms with E-state index in [-0.39, 0.29) is 35.8 Å². The van der Waals surface area contributed by atoms with Crippen LogP contribution in [0.3, 0.4) is 0 Å². The first kappa shape index (κ1) is 24.8. The van der Waals surface area contributed by atoms with Crippen LogP contribution in [0.4, 0.5) is 18.0 Å². The van der Waals surface area contributed by atoms with Crippen molar-refractivity contribution in [2.45, 2.75) is 13.1 Å². The number of hydrogen-bond donors (Lipinski definition) is 2. The molecule has 3 amide bonds. The van der Waals surface area contributed by atoms with Gasteiger partial charge in [0, 0.05) is 24.7 Å². The van der Waals surface area contributed by atoms with Gasteiger partial charge in [0.05, 0.1) is 12.1 Å². The number of halogens is 3. The SMILES string of the molecule is Cc1cc(-c2nc(OCCN3CCNC3=O)cc(C(N)=O)n2)ccc1Oc1ccc(C(F)(F)F)cc1. The van der Waals surface area contributed by atoms with Crippen molar-refractivity contribution in [1.82, 2.24) is 20.2 Å². The lowest BCUT2D eigenvalue weighted by Gasteiger charge is -2.15. The summed E-state index contributed by atoms with van der Waals surface area (Å²) in [6.45, 7) is 3.39. The first-order chi connectivity index (χ1) is 17.1. The molecular formula is C24H22F3N5O4. The number of aryl methyl sites for hydroxylation is 1. The molecule has 4 rings (SSSR count). The Labute approximate surface area is 204 Å². The second-order valence-corrected chi connectivity index (χ2v) is 7.95. The maximum atomic E-state index is 12.8. The molecule has 0 atom stereocenters. The summed E-state index contributed by atoms with van der Waals surface area (Å²) in [6, 6.07) is 10.5. The molecule has 2 heterocycles. The molecule has 0 saturated carbocycles. The first-order valence-corrected chi connectivity index (χ1v) is 10.9. The molecule has 0 unspecified atom stereocenters. The zero-order chi connectivity index (χ0) is 25.9. The van der Waals surface area contributed by atoms with Crippen molar-refractivity contribution in [3.8, 4) is 28.8 Å². The lowest BCUT2D eigenvalue weighted by atomic mass is 10.1. The predicted octanol–water partition coefficient (Wildman–Crippen LogP) is 3.77. The summed E-state index contributed by atoms with van der Waals surface area (Å²) in [5.41, 5.74) is 5.80. The molecule has 1 fully saturated rings. The van der Waals surface area contributed by atoms with E-state index < -0.39 is 17.6 Å². The number of ether oxygens (including phenoxy) is 2. The monoisotopic (exact) mass is 501 g/mol. The summed E-state index contributed by atoms with van der Waals surface area (Å²) in [5, 5.41) is 2.70. The molecule has 3 N–H and O–H groups in total. The summed E-state index contributed by atoms with van der Waals surface area (Å²) in [6.07, 6.45) is -4.43. The van der Waals surface area contributed by atoms with E-state index in [1.807, 2.05) is 0 Å². The Balaban J connectivity index is 1.51. The van der Waals surface area contributed by atoms with E-state index in [0.717, 1.165) is 12.1 Å². The molecule has 1 aliphatic heterocycles. The van der Waals surface area contributed by atoms with Gasteiger partial charge in [-0.1, -0.05) is 0 Å². The number of aromatic nitrogens is 2. The summed E-state index contributed by atoms with van der Waals surface area (Å²) in [7, 11) is 0. The zero-order valence-corrected chi connectivity index (χ0v) is 19.1. The van der Waals surface area contributed by atoms with Crippen LogP contribution in [-0.4, -0.2) is 53.0 Å². The minimum atomic E-state index is -4.43. The van der Waals surface area contributed by atoms with Crippen LogP contribution >= 0.6 is 0 Å². The van der Waals surface area contributed by atoms with Crippen LogP contribution in [0.5, 0.6) is 17.4 Å². The van der Waals surface area contributed by atoms with Crippen LogP contribution < -0.4 is 20.5 Å². The van der Waals surface area contributed by atoms with Crippen molar-refractivity contribution < 1.29 is 32.2 Å². The number of hydrogen-bond acceptors (Lipinski definition) is 6. The topological polar surface area (TPSA) is 120 Å². The molecule has 1 saturated heterocycles. The number of amides is 3. The molecule has 2 aromatic carbocycles. The average molecular weight is 501 g/mol. The molecule has 36 heavy (non-hydrogen) atoms. The number of benzene rings is 2. The summed E-state index contributed by atoms with van der Waals surface area (Å²) < 4.78 is 49.7. The quantitative estimate of drug-likeness (QED) is 0.485. The Morgan fingerprint density at radius 1 is 1.14 bits per heavy atom. The van der Waals surface area contributed by atoms with E-state index in [1.54, 1.807) is 30.0 Å². The van der Waals surface area contributed by atoms with Gasteiger partial charge >= 0.3 is 12.2 Å². The molecule has 0 radical (unpaired) electrons. The molecule has 0 spiro atoms. The third-order valence-electron chi connectivity index (χ3n) is 5.35. The molecule has 0 aliphatic carbocycles. The Morgan fingerprint density at radius 2 is 1.89 bits per heavy atom. The summed E-state index contributed by atoms with van der Waals surface area (Å²) >= 11 is 0. The van der Waals surface area contributed by atoms with Crippen molar-refractivity contribution in [2.24, 2.45) is 5.73 Å². The molecular weight excluding hydrogens is 479 g/mol. The Morgan fingerprint density at radius 3 is 2.50 bits per heavy atom. The normalized spacial score (nSPS) is 13.4. The first-order valence-electron chi connectivity index (χ1n) is 10.9. The Hall–Kier alpha value is -4.35. The Kier molecular flexibility index (Phi) is 6.95. The standard InChI is InChI=1S/C24H22F3N5O4/c1-14-12-15(2-7-19(14)36-17-5-3-16(4-6-17)24(25,26)27)22-30-18(21(28)33)13-20(31-22)35-11-10-32-9-8-29-23(32)34/h2-7,12-13H,8-11H2,1H3,(H2,28,33)(H,29,34). The fraction of sp³-hybridized carbons (Fsp3) is 0.250. The number of alkyl halides is 3. The van der Waals surface area contributed by atoms with Crippen LogP contribution in [0.15, 0.2) is 48.5 Å². The number of carbonyl (C=O) groups excluding carboxylic acids is 2. The van der Waals surface area contributed by atoms with E-state index in [4.69, 9.17) is 15.2 Å². The van der Waals surface area contributed by atoms with Crippen molar-refractivity contribution in [3.05, 3.63) is 65.4 Å². The van der Waals surface area contributed by atoms with Gasteiger partial charge in [-0.25, -0.2) is 9.78 Å². The average Bonchev–Trinajstić information content (AvgIpc) is 3.24. The number of nitrogens with one attached hydrogen (secondary N) is 1. The van der Waals surface area contributed by atoms with E-state index in [9.17, 15) is 22.8 Å². The third kappa shape index (κ3) is 5.82. The van der Waals surface area contributed by atoms with Gasteiger partial charge in [0.25, 0.3) is 5.91 Å². The highest BCUT2D eigenvalue weighted by molar-refractivity contribution is 5.91. The Bertz CT molecular complexity index is 1280. The molecule has 3 aromatic rings. The second-order valence-electron chi connectivity index (χ2n) is 7.95. The highest BCUT2D eigenvalue weighted by Crippen LogP contribution is 2.33. The highest BCUT2D eigenvalue weighted by Gasteiger charge is 2.30. The lowest BCUT2D eigenvalue weighted by molar-refractivity contribution is -0.137. The molecule has 1 aromatic heterocycles. The maximum Gasteiger partial charge on any atom is 0.416 e. The van der Waals surface area contributed by atoms with Crippen molar-refractivity contribution in [3.63, 3.8) is 0 Å². The number of nitrogens with zero attached hydrogens (tertiary/aromatic N) is 3. The van der Waals surface area contributed by atoms with E-state index >= 15 is 0 Å². The molecule has 9 nitrogen and oxygen atoms in total. The van der Waals surface area contributed by atoms with Crippen molar-refractivity contribution in [1.29, 1.82) is 0 Å². The van der Waals surface area contributed by atoms with Crippen LogP contribution in [0.1, 0.15) is 21.6 Å². The van der Waals surface area contributed by atoms with Crippen LogP contribution in [0.2, 0.25) is 0 Å². The van der Waals surface area contributed by atoms with Crippen LogP contribution in [-0.2, 0) is 6.18 Å². The van der Waals surface area contributed by atoms with Gasteiger partial charge in [0.15, 0.2) is 5.82 Å². The summed E-state index contributed by atoms with van der Waals surface area (Å²) in [4.78, 5) is 33.6. The van der Waals surface area contributed by atoms with Gasteiger partial charge < -0.3 is 25.4 Å². The summed E-state index contributed by atoms with van der Waals surface area (Å²) in [5.74, 6) is 0.208. The predicted molar refractivity (Wildman–Crippen MR) is 123 cm³/mol. The minimum Gasteiger partial charge on any atom is -0.476 e. The van der Waals surface area contributed by atoms with Gasteiger partial charge in [-0.05, 0) is 55.0 Å². The van der Waals surface area contributed by atoms with Crippen molar-refractivity contribution in [2.75, 3.05) is 26.2 Å². The zero-order valence-electron chi connectivity index (χ0n) is 19.1. The van der Waals surface area contributed by atoms with Crippen LogP contribution in [0, 0.1) is 6.92 Å². The molecule has 188 valence electrons. The third-order valence-corrected chi connectivity index (χ3v) is 5.35. The van der Waals surface area contributed by atoms with E-state index in [0.29, 0.717) is 36.5 Å². The maximum absolute atomic E-state index is 12.8. The van der Waals surface area contributed by atoms with E-state index in [1.165, 1.54) is 18.2 Å². The van der Waals surface area contributed by atoms with Crippen molar-refractivity contribution >= 4 is 11.9 Å². The molecule has 1 aliphatic rings. The fourth-order valence-corrected chi connectivity index (χ4v) is 3.48. The van der Waals surface area contributed by atoms with Gasteiger partial charge in [-0.3, -0.25) is 4.79 Å². The second kappa shape index (κ2) is 10.1. The number of nitrogens with two attached hydrogens (primary N) is 1. The smallest absolute Gasteiger partial charge is 0.416 e. The number of primary amides is 1. The number of urea groups is 1.